The van der Waals surface area contributed by atoms with Crippen molar-refractivity contribution in [1.82, 2.24) is 4.90 Å². The topological polar surface area (TPSA) is 29.5 Å². The molecule has 0 saturated carbocycles. The lowest BCUT2D eigenvalue weighted by Crippen LogP contribution is -2.31. The third kappa shape index (κ3) is 3.92. The average molecular weight is 197 g/mol. The summed E-state index contributed by atoms with van der Waals surface area (Å²) in [7, 11) is 1.41. The number of carbonyl (C=O) groups is 1. The molecule has 0 aromatic rings. The van der Waals surface area contributed by atoms with Crippen LogP contribution in [0.15, 0.2) is 12.2 Å². The van der Waals surface area contributed by atoms with Crippen molar-refractivity contribution in [3.8, 4) is 0 Å². The molecule has 0 amide bonds. The van der Waals surface area contributed by atoms with Crippen LogP contribution in [0, 0.1) is 0 Å². The fourth-order valence-electron chi connectivity index (χ4n) is 1.77. The zero-order valence-electron chi connectivity index (χ0n) is 8.92. The van der Waals surface area contributed by atoms with Gasteiger partial charge in [-0.25, -0.2) is 0 Å². The summed E-state index contributed by atoms with van der Waals surface area (Å²) >= 11 is 0. The molecule has 0 N–H and O–H groups in total. The summed E-state index contributed by atoms with van der Waals surface area (Å²) in [6.07, 6.45) is 4.23. The number of ether oxygens (including phenoxy) is 1. The van der Waals surface area contributed by atoms with Gasteiger partial charge in [0.1, 0.15) is 0 Å². The average Bonchev–Trinajstić information content (AvgIpc) is 2.19. The Bertz CT molecular complexity index is 207. The van der Waals surface area contributed by atoms with Crippen molar-refractivity contribution >= 4 is 5.97 Å². The maximum absolute atomic E-state index is 11.0. The van der Waals surface area contributed by atoms with E-state index in [2.05, 4.69) is 16.2 Å². The summed E-state index contributed by atoms with van der Waals surface area (Å²) in [5.41, 5.74) is 0.957. The van der Waals surface area contributed by atoms with Crippen LogP contribution in [0.4, 0.5) is 0 Å². The molecule has 0 atom stereocenters. The van der Waals surface area contributed by atoms with E-state index < -0.39 is 0 Å². The second-order valence-corrected chi connectivity index (χ2v) is 3.84. The van der Waals surface area contributed by atoms with Gasteiger partial charge in [0.2, 0.25) is 0 Å². The molecule has 1 aliphatic heterocycles. The van der Waals surface area contributed by atoms with Gasteiger partial charge in [0.05, 0.1) is 13.5 Å². The molecule has 14 heavy (non-hydrogen) atoms. The SMILES string of the molecule is C=C(CC(=O)OC)CN1CCCCC1. The highest BCUT2D eigenvalue weighted by Crippen LogP contribution is 2.11. The van der Waals surface area contributed by atoms with Crippen molar-refractivity contribution in [2.75, 3.05) is 26.7 Å². The summed E-state index contributed by atoms with van der Waals surface area (Å²) < 4.78 is 4.59. The Kier molecular flexibility index (Phi) is 4.66. The lowest BCUT2D eigenvalue weighted by molar-refractivity contribution is -0.139. The van der Waals surface area contributed by atoms with Crippen LogP contribution < -0.4 is 0 Å². The molecule has 1 rings (SSSR count). The number of esters is 1. The zero-order valence-corrected chi connectivity index (χ0v) is 8.92. The fourth-order valence-corrected chi connectivity index (χ4v) is 1.77. The van der Waals surface area contributed by atoms with Gasteiger partial charge in [-0.2, -0.15) is 0 Å². The first-order chi connectivity index (χ1) is 6.72. The number of carbonyl (C=O) groups excluding carboxylic acids is 1. The molecule has 80 valence electrons. The molecule has 0 bridgehead atoms. The van der Waals surface area contributed by atoms with Crippen molar-refractivity contribution in [2.24, 2.45) is 0 Å². The van der Waals surface area contributed by atoms with Crippen molar-refractivity contribution < 1.29 is 9.53 Å². The number of hydrogen-bond donors (Lipinski definition) is 0. The van der Waals surface area contributed by atoms with Gasteiger partial charge >= 0.3 is 5.97 Å². The summed E-state index contributed by atoms with van der Waals surface area (Å²) in [5, 5.41) is 0. The number of methoxy groups -OCH3 is 1. The minimum Gasteiger partial charge on any atom is -0.469 e. The molecule has 0 aromatic heterocycles. The number of likely N-dealkylation sites (tertiary alicyclic amines) is 1. The van der Waals surface area contributed by atoms with Crippen LogP contribution in [0.2, 0.25) is 0 Å². The summed E-state index contributed by atoms with van der Waals surface area (Å²) in [6, 6.07) is 0. The van der Waals surface area contributed by atoms with Crippen LogP contribution in [-0.2, 0) is 9.53 Å². The van der Waals surface area contributed by atoms with Crippen LogP contribution in [0.25, 0.3) is 0 Å². The van der Waals surface area contributed by atoms with Gasteiger partial charge in [0.25, 0.3) is 0 Å². The zero-order chi connectivity index (χ0) is 10.4. The highest BCUT2D eigenvalue weighted by molar-refractivity contribution is 5.72. The van der Waals surface area contributed by atoms with E-state index in [1.807, 2.05) is 0 Å². The number of hydrogen-bond acceptors (Lipinski definition) is 3. The van der Waals surface area contributed by atoms with Crippen molar-refractivity contribution in [2.45, 2.75) is 25.7 Å². The van der Waals surface area contributed by atoms with Crippen LogP contribution in [0.5, 0.6) is 0 Å². The molecule has 0 radical (unpaired) electrons. The fraction of sp³-hybridized carbons (Fsp3) is 0.727. The van der Waals surface area contributed by atoms with Crippen LogP contribution in [-0.4, -0.2) is 37.6 Å². The minimum atomic E-state index is -0.188. The Hall–Kier alpha value is -0.830. The molecular weight excluding hydrogens is 178 g/mol. The molecule has 1 saturated heterocycles. The maximum Gasteiger partial charge on any atom is 0.309 e. The smallest absolute Gasteiger partial charge is 0.309 e. The van der Waals surface area contributed by atoms with Crippen LogP contribution >= 0.6 is 0 Å². The summed E-state index contributed by atoms with van der Waals surface area (Å²) in [4.78, 5) is 13.3. The molecule has 0 aliphatic carbocycles. The molecule has 0 aromatic carbocycles. The number of nitrogens with zero attached hydrogens (tertiary/aromatic N) is 1. The summed E-state index contributed by atoms with van der Waals surface area (Å²) in [5.74, 6) is -0.188. The van der Waals surface area contributed by atoms with Gasteiger partial charge in [-0.15, -0.1) is 0 Å². The van der Waals surface area contributed by atoms with Gasteiger partial charge in [-0.3, -0.25) is 9.69 Å². The van der Waals surface area contributed by atoms with E-state index in [1.165, 1.54) is 26.4 Å². The van der Waals surface area contributed by atoms with Gasteiger partial charge in [-0.05, 0) is 25.9 Å². The Morgan fingerprint density at radius 2 is 2.00 bits per heavy atom. The third-order valence-electron chi connectivity index (χ3n) is 2.52. The van der Waals surface area contributed by atoms with E-state index in [9.17, 15) is 4.79 Å². The molecular formula is C11H19NO2. The van der Waals surface area contributed by atoms with Crippen molar-refractivity contribution in [3.63, 3.8) is 0 Å². The quantitative estimate of drug-likeness (QED) is 0.506. The van der Waals surface area contributed by atoms with E-state index in [-0.39, 0.29) is 5.97 Å². The lowest BCUT2D eigenvalue weighted by Gasteiger charge is -2.26. The molecule has 3 nitrogen and oxygen atoms in total. The molecule has 3 heteroatoms. The standard InChI is InChI=1S/C11H19NO2/c1-10(8-11(13)14-2)9-12-6-4-3-5-7-12/h1,3-9H2,2H3. The van der Waals surface area contributed by atoms with Gasteiger partial charge in [0, 0.05) is 6.54 Å². The molecule has 0 unspecified atom stereocenters. The lowest BCUT2D eigenvalue weighted by atomic mass is 10.1. The second-order valence-electron chi connectivity index (χ2n) is 3.84. The van der Waals surface area contributed by atoms with E-state index in [0.717, 1.165) is 25.2 Å². The van der Waals surface area contributed by atoms with Crippen LogP contribution in [0.3, 0.4) is 0 Å². The first-order valence-corrected chi connectivity index (χ1v) is 5.18. The Morgan fingerprint density at radius 3 is 2.57 bits per heavy atom. The Balaban J connectivity index is 2.21. The molecule has 1 heterocycles. The van der Waals surface area contributed by atoms with E-state index in [1.54, 1.807) is 0 Å². The monoisotopic (exact) mass is 197 g/mol. The molecule has 0 spiro atoms. The minimum absolute atomic E-state index is 0.188. The second kappa shape index (κ2) is 5.81. The first-order valence-electron chi connectivity index (χ1n) is 5.18. The summed E-state index contributed by atoms with van der Waals surface area (Å²) in [6.45, 7) is 7.01. The largest absolute Gasteiger partial charge is 0.469 e. The van der Waals surface area contributed by atoms with E-state index >= 15 is 0 Å². The molecule has 1 fully saturated rings. The highest BCUT2D eigenvalue weighted by atomic mass is 16.5. The van der Waals surface area contributed by atoms with E-state index in [4.69, 9.17) is 0 Å². The number of piperidine rings is 1. The number of rotatable bonds is 4. The van der Waals surface area contributed by atoms with Crippen LogP contribution in [0.1, 0.15) is 25.7 Å². The van der Waals surface area contributed by atoms with Gasteiger partial charge in [0.15, 0.2) is 0 Å². The normalized spacial score (nSPS) is 17.8. The third-order valence-corrected chi connectivity index (χ3v) is 2.52. The predicted molar refractivity (Wildman–Crippen MR) is 56.1 cm³/mol. The Morgan fingerprint density at radius 1 is 1.36 bits per heavy atom. The van der Waals surface area contributed by atoms with Gasteiger partial charge in [-0.1, -0.05) is 18.6 Å². The first kappa shape index (κ1) is 11.2. The van der Waals surface area contributed by atoms with Gasteiger partial charge < -0.3 is 4.74 Å². The van der Waals surface area contributed by atoms with Crippen molar-refractivity contribution in [1.29, 1.82) is 0 Å². The predicted octanol–water partition coefficient (Wildman–Crippen LogP) is 1.59. The van der Waals surface area contributed by atoms with E-state index in [0.29, 0.717) is 6.42 Å². The maximum atomic E-state index is 11.0. The Labute approximate surface area is 85.7 Å². The van der Waals surface area contributed by atoms with Crippen molar-refractivity contribution in [3.05, 3.63) is 12.2 Å². The molecule has 1 aliphatic rings. The highest BCUT2D eigenvalue weighted by Gasteiger charge is 2.12.